The number of imidazole rings is 1. The van der Waals surface area contributed by atoms with Gasteiger partial charge in [-0.2, -0.15) is 0 Å². The van der Waals surface area contributed by atoms with Crippen LogP contribution in [0.1, 0.15) is 5.56 Å². The van der Waals surface area contributed by atoms with Gasteiger partial charge in [-0.25, -0.2) is 9.78 Å². The summed E-state index contributed by atoms with van der Waals surface area (Å²) in [7, 11) is 0. The number of amides is 1. The molecule has 0 bridgehead atoms. The molecule has 0 aliphatic rings. The number of thioether (sulfide) groups is 1. The van der Waals surface area contributed by atoms with E-state index in [0.29, 0.717) is 22.0 Å². The lowest BCUT2D eigenvalue weighted by atomic mass is 10.1. The van der Waals surface area contributed by atoms with E-state index in [-0.39, 0.29) is 11.7 Å². The van der Waals surface area contributed by atoms with Crippen LogP contribution in [0.5, 0.6) is 0 Å². The molecule has 0 saturated heterocycles. The number of fused-ring (bicyclic) bond motifs is 1. The monoisotopic (exact) mass is 593 g/mol. The number of carbonyl (C=O) groups is 1. The maximum atomic E-state index is 12.7. The van der Waals surface area contributed by atoms with Crippen molar-refractivity contribution in [2.75, 3.05) is 11.1 Å². The van der Waals surface area contributed by atoms with Crippen LogP contribution >= 0.6 is 34.4 Å². The molecular weight excluding hydrogens is 573 g/mol. The molecular formula is C27H20IN3O3S. The molecule has 0 saturated carbocycles. The molecule has 5 aromatic rings. The number of hydrogen-bond acceptors (Lipinski definition) is 5. The molecule has 1 N–H and O–H groups in total. The molecule has 0 spiro atoms. The van der Waals surface area contributed by atoms with Gasteiger partial charge in [-0.3, -0.25) is 9.36 Å². The first-order valence-electron chi connectivity index (χ1n) is 10.8. The molecule has 0 radical (unpaired) electrons. The molecule has 0 aliphatic carbocycles. The van der Waals surface area contributed by atoms with Crippen LogP contribution < -0.4 is 10.9 Å². The molecule has 35 heavy (non-hydrogen) atoms. The summed E-state index contributed by atoms with van der Waals surface area (Å²) in [4.78, 5) is 30.1. The highest BCUT2D eigenvalue weighted by molar-refractivity contribution is 14.1. The van der Waals surface area contributed by atoms with Crippen LogP contribution in [0, 0.1) is 10.5 Å². The maximum absolute atomic E-state index is 12.7. The highest BCUT2D eigenvalue weighted by Crippen LogP contribution is 2.28. The van der Waals surface area contributed by atoms with E-state index in [0.717, 1.165) is 25.9 Å². The molecule has 2 aromatic heterocycles. The Morgan fingerprint density at radius 3 is 2.57 bits per heavy atom. The van der Waals surface area contributed by atoms with E-state index in [4.69, 9.17) is 9.40 Å². The number of carbonyl (C=O) groups excluding carboxylic acids is 1. The van der Waals surface area contributed by atoms with Crippen molar-refractivity contribution in [1.29, 1.82) is 0 Å². The SMILES string of the molecule is Cc1ccc(NC(=O)CSc2nc(-c3cc4ccccc4oc3=O)cn2-c2ccc(I)cc2)cc1. The first kappa shape index (κ1) is 23.4. The van der Waals surface area contributed by atoms with Crippen LogP contribution in [0.3, 0.4) is 0 Å². The minimum atomic E-state index is -0.454. The summed E-state index contributed by atoms with van der Waals surface area (Å²) in [6.07, 6.45) is 1.81. The third-order valence-corrected chi connectivity index (χ3v) is 7.04. The van der Waals surface area contributed by atoms with Gasteiger partial charge in [0.15, 0.2) is 5.16 Å². The first-order valence-corrected chi connectivity index (χ1v) is 12.9. The maximum Gasteiger partial charge on any atom is 0.345 e. The zero-order chi connectivity index (χ0) is 24.4. The van der Waals surface area contributed by atoms with Crippen molar-refractivity contribution in [1.82, 2.24) is 9.55 Å². The van der Waals surface area contributed by atoms with E-state index in [1.165, 1.54) is 11.8 Å². The zero-order valence-electron chi connectivity index (χ0n) is 18.7. The summed E-state index contributed by atoms with van der Waals surface area (Å²) >= 11 is 3.56. The standard InChI is InChI=1S/C27H20IN3O3S/c1-17-6-10-20(11-7-17)29-25(32)16-35-27-30-23(15-31(27)21-12-8-19(28)9-13-21)22-14-18-4-2-3-5-24(18)34-26(22)33/h2-15H,16H2,1H3,(H,29,32). The van der Waals surface area contributed by atoms with Gasteiger partial charge in [0.1, 0.15) is 5.58 Å². The van der Waals surface area contributed by atoms with Gasteiger partial charge >= 0.3 is 5.63 Å². The fourth-order valence-electron chi connectivity index (χ4n) is 3.59. The lowest BCUT2D eigenvalue weighted by Gasteiger charge is -2.08. The van der Waals surface area contributed by atoms with Crippen molar-refractivity contribution >= 4 is 56.9 Å². The van der Waals surface area contributed by atoms with Crippen molar-refractivity contribution in [2.24, 2.45) is 0 Å². The summed E-state index contributed by atoms with van der Waals surface area (Å²) in [5, 5.41) is 4.33. The number of nitrogens with one attached hydrogen (secondary N) is 1. The van der Waals surface area contributed by atoms with E-state index in [9.17, 15) is 9.59 Å². The fourth-order valence-corrected chi connectivity index (χ4v) is 4.74. The Kier molecular flexibility index (Phi) is 6.74. The summed E-state index contributed by atoms with van der Waals surface area (Å²) in [6.45, 7) is 2.00. The Morgan fingerprint density at radius 1 is 1.06 bits per heavy atom. The van der Waals surface area contributed by atoms with Crippen molar-refractivity contribution < 1.29 is 9.21 Å². The molecule has 0 atom stereocenters. The number of aryl methyl sites for hydroxylation is 1. The number of benzene rings is 3. The number of rotatable bonds is 6. The average Bonchev–Trinajstić information content (AvgIpc) is 3.28. The van der Waals surface area contributed by atoms with Gasteiger partial charge in [0.05, 0.1) is 17.0 Å². The molecule has 0 unspecified atom stereocenters. The van der Waals surface area contributed by atoms with Crippen LogP contribution in [-0.2, 0) is 4.79 Å². The number of anilines is 1. The van der Waals surface area contributed by atoms with Crippen molar-refractivity contribution in [3.8, 4) is 16.9 Å². The van der Waals surface area contributed by atoms with Crippen molar-refractivity contribution in [3.05, 3.63) is 105 Å². The smallest absolute Gasteiger partial charge is 0.345 e. The van der Waals surface area contributed by atoms with E-state index in [1.54, 1.807) is 12.1 Å². The van der Waals surface area contributed by atoms with Crippen molar-refractivity contribution in [2.45, 2.75) is 12.1 Å². The Hall–Kier alpha value is -3.37. The zero-order valence-corrected chi connectivity index (χ0v) is 21.7. The minimum absolute atomic E-state index is 0.136. The fraction of sp³-hybridized carbons (Fsp3) is 0.0741. The lowest BCUT2D eigenvalue weighted by Crippen LogP contribution is -2.14. The molecule has 174 valence electrons. The Balaban J connectivity index is 1.47. The molecule has 0 fully saturated rings. The second-order valence-corrected chi connectivity index (χ2v) is 10.1. The molecule has 1 amide bonds. The highest BCUT2D eigenvalue weighted by atomic mass is 127. The van der Waals surface area contributed by atoms with Gasteiger partial charge in [-0.05, 0) is 78.0 Å². The summed E-state index contributed by atoms with van der Waals surface area (Å²) in [5.74, 6) is 0.0314. The lowest BCUT2D eigenvalue weighted by molar-refractivity contribution is -0.113. The number of halogens is 1. The van der Waals surface area contributed by atoms with Crippen LogP contribution in [0.2, 0.25) is 0 Å². The Labute approximate surface area is 219 Å². The highest BCUT2D eigenvalue weighted by Gasteiger charge is 2.17. The third-order valence-electron chi connectivity index (χ3n) is 5.36. The second kappa shape index (κ2) is 10.1. The van der Waals surface area contributed by atoms with Crippen LogP contribution in [0.25, 0.3) is 27.9 Å². The average molecular weight is 593 g/mol. The second-order valence-electron chi connectivity index (χ2n) is 7.94. The summed E-state index contributed by atoms with van der Waals surface area (Å²) < 4.78 is 8.51. The molecule has 3 aromatic carbocycles. The van der Waals surface area contributed by atoms with Gasteiger partial charge in [-0.15, -0.1) is 0 Å². The summed E-state index contributed by atoms with van der Waals surface area (Å²) in [6, 6.07) is 24.8. The van der Waals surface area contributed by atoms with E-state index >= 15 is 0 Å². The summed E-state index contributed by atoms with van der Waals surface area (Å²) in [5.41, 5.74) is 3.70. The minimum Gasteiger partial charge on any atom is -0.422 e. The molecule has 5 rings (SSSR count). The molecule has 8 heteroatoms. The topological polar surface area (TPSA) is 77.1 Å². The van der Waals surface area contributed by atoms with Gasteiger partial charge in [0.2, 0.25) is 5.91 Å². The molecule has 6 nitrogen and oxygen atoms in total. The number of hydrogen-bond donors (Lipinski definition) is 1. The quantitative estimate of drug-likeness (QED) is 0.142. The normalized spacial score (nSPS) is 11.0. The van der Waals surface area contributed by atoms with Gasteiger partial charge in [0, 0.05) is 26.5 Å². The third kappa shape index (κ3) is 5.33. The van der Waals surface area contributed by atoms with Crippen LogP contribution in [0.15, 0.2) is 99.4 Å². The van der Waals surface area contributed by atoms with Gasteiger partial charge < -0.3 is 9.73 Å². The van der Waals surface area contributed by atoms with E-state index in [2.05, 4.69) is 27.9 Å². The Morgan fingerprint density at radius 2 is 1.80 bits per heavy atom. The van der Waals surface area contributed by atoms with Crippen LogP contribution in [0.4, 0.5) is 5.69 Å². The molecule has 0 aliphatic heterocycles. The van der Waals surface area contributed by atoms with Gasteiger partial charge in [-0.1, -0.05) is 47.7 Å². The van der Waals surface area contributed by atoms with E-state index < -0.39 is 5.63 Å². The Bertz CT molecular complexity index is 1570. The van der Waals surface area contributed by atoms with Crippen molar-refractivity contribution in [3.63, 3.8) is 0 Å². The number of aromatic nitrogens is 2. The van der Waals surface area contributed by atoms with Crippen LogP contribution in [-0.4, -0.2) is 21.2 Å². The van der Waals surface area contributed by atoms with Gasteiger partial charge in [0.25, 0.3) is 0 Å². The number of nitrogens with zero attached hydrogens (tertiary/aromatic N) is 2. The first-order chi connectivity index (χ1) is 17.0. The largest absolute Gasteiger partial charge is 0.422 e. The predicted octanol–water partition coefficient (Wildman–Crippen LogP) is 6.29. The van der Waals surface area contributed by atoms with E-state index in [1.807, 2.05) is 84.4 Å². The number of para-hydroxylation sites is 1. The predicted molar refractivity (Wildman–Crippen MR) is 148 cm³/mol. The molecule has 2 heterocycles.